The van der Waals surface area contributed by atoms with Crippen molar-refractivity contribution in [3.63, 3.8) is 0 Å². The maximum atomic E-state index is 12.0. The van der Waals surface area contributed by atoms with Crippen LogP contribution in [0.3, 0.4) is 0 Å². The Morgan fingerprint density at radius 1 is 1.05 bits per heavy atom. The van der Waals surface area contributed by atoms with Gasteiger partial charge in [0.1, 0.15) is 0 Å². The van der Waals surface area contributed by atoms with Crippen molar-refractivity contribution in [3.05, 3.63) is 54.4 Å². The number of carbonyl (C=O) groups is 2. The number of hydrogen-bond acceptors (Lipinski definition) is 3. The second-order valence-electron chi connectivity index (χ2n) is 4.92. The fraction of sp³-hybridized carbons (Fsp3) is 0.235. The first-order valence-electron chi connectivity index (χ1n) is 7.30. The van der Waals surface area contributed by atoms with Crippen molar-refractivity contribution in [1.29, 1.82) is 0 Å². The summed E-state index contributed by atoms with van der Waals surface area (Å²) in [6.07, 6.45) is 5.53. The lowest BCUT2D eigenvalue weighted by molar-refractivity contribution is -0.116. The van der Waals surface area contributed by atoms with E-state index in [0.717, 1.165) is 18.5 Å². The van der Waals surface area contributed by atoms with Crippen molar-refractivity contribution in [1.82, 2.24) is 4.98 Å². The minimum absolute atomic E-state index is 0.00833. The normalized spacial score (nSPS) is 10.0. The maximum absolute atomic E-state index is 12.0. The average molecular weight is 297 g/mol. The molecular weight excluding hydrogens is 278 g/mol. The van der Waals surface area contributed by atoms with Crippen LogP contribution in [-0.4, -0.2) is 16.8 Å². The molecule has 0 atom stereocenters. The van der Waals surface area contributed by atoms with Gasteiger partial charge in [-0.2, -0.15) is 0 Å². The lowest BCUT2D eigenvalue weighted by Crippen LogP contribution is -2.13. The van der Waals surface area contributed by atoms with Crippen LogP contribution >= 0.6 is 0 Å². The fourth-order valence-electron chi connectivity index (χ4n) is 1.90. The van der Waals surface area contributed by atoms with Gasteiger partial charge in [-0.3, -0.25) is 14.6 Å². The molecule has 1 aromatic heterocycles. The van der Waals surface area contributed by atoms with Gasteiger partial charge >= 0.3 is 0 Å². The Balaban J connectivity index is 1.92. The quantitative estimate of drug-likeness (QED) is 0.857. The number of pyridine rings is 1. The van der Waals surface area contributed by atoms with Crippen LogP contribution < -0.4 is 10.6 Å². The van der Waals surface area contributed by atoms with E-state index in [1.54, 1.807) is 42.6 Å². The van der Waals surface area contributed by atoms with Crippen LogP contribution in [0.5, 0.6) is 0 Å². The zero-order chi connectivity index (χ0) is 15.8. The highest BCUT2D eigenvalue weighted by Gasteiger charge is 2.06. The summed E-state index contributed by atoms with van der Waals surface area (Å²) >= 11 is 0. The van der Waals surface area contributed by atoms with Crippen LogP contribution in [0.2, 0.25) is 0 Å². The molecule has 2 N–H and O–H groups in total. The van der Waals surface area contributed by atoms with Gasteiger partial charge in [-0.15, -0.1) is 0 Å². The van der Waals surface area contributed by atoms with Crippen LogP contribution in [0, 0.1) is 0 Å². The zero-order valence-electron chi connectivity index (χ0n) is 12.5. The van der Waals surface area contributed by atoms with E-state index in [1.807, 2.05) is 6.92 Å². The molecule has 0 aliphatic heterocycles. The number of nitrogens with zero attached hydrogens (tertiary/aromatic N) is 1. The van der Waals surface area contributed by atoms with E-state index in [-0.39, 0.29) is 11.8 Å². The lowest BCUT2D eigenvalue weighted by atomic mass is 10.2. The number of rotatable bonds is 6. The summed E-state index contributed by atoms with van der Waals surface area (Å²) in [5, 5.41) is 5.61. The van der Waals surface area contributed by atoms with Gasteiger partial charge in [0.25, 0.3) is 5.91 Å². The van der Waals surface area contributed by atoms with Gasteiger partial charge in [0, 0.05) is 30.2 Å². The lowest BCUT2D eigenvalue weighted by Gasteiger charge is -2.08. The first-order chi connectivity index (χ1) is 10.7. The minimum atomic E-state index is -0.215. The molecule has 22 heavy (non-hydrogen) atoms. The number of carbonyl (C=O) groups excluding carboxylic acids is 2. The van der Waals surface area contributed by atoms with E-state index in [4.69, 9.17) is 0 Å². The van der Waals surface area contributed by atoms with E-state index in [1.165, 1.54) is 6.20 Å². The first-order valence-corrected chi connectivity index (χ1v) is 7.30. The molecule has 0 saturated heterocycles. The van der Waals surface area contributed by atoms with Crippen LogP contribution in [-0.2, 0) is 4.79 Å². The summed E-state index contributed by atoms with van der Waals surface area (Å²) in [6, 6.07) is 10.5. The molecule has 0 aliphatic carbocycles. The monoisotopic (exact) mass is 297 g/mol. The second kappa shape index (κ2) is 7.93. The Kier molecular flexibility index (Phi) is 5.65. The van der Waals surface area contributed by atoms with Gasteiger partial charge < -0.3 is 10.6 Å². The predicted octanol–water partition coefficient (Wildman–Crippen LogP) is 3.46. The molecule has 114 valence electrons. The Hall–Kier alpha value is -2.69. The van der Waals surface area contributed by atoms with Gasteiger partial charge in [-0.05, 0) is 42.8 Å². The molecule has 1 heterocycles. The van der Waals surface area contributed by atoms with E-state index in [2.05, 4.69) is 15.6 Å². The van der Waals surface area contributed by atoms with Gasteiger partial charge in [-0.25, -0.2) is 0 Å². The third-order valence-electron chi connectivity index (χ3n) is 3.11. The molecule has 5 nitrogen and oxygen atoms in total. The van der Waals surface area contributed by atoms with Crippen molar-refractivity contribution in [2.75, 3.05) is 10.6 Å². The highest BCUT2D eigenvalue weighted by atomic mass is 16.2. The molecule has 1 aromatic carbocycles. The van der Waals surface area contributed by atoms with E-state index in [0.29, 0.717) is 17.7 Å². The average Bonchev–Trinajstić information content (AvgIpc) is 2.55. The van der Waals surface area contributed by atoms with E-state index in [9.17, 15) is 9.59 Å². The predicted molar refractivity (Wildman–Crippen MR) is 86.8 cm³/mol. The zero-order valence-corrected chi connectivity index (χ0v) is 12.5. The molecule has 2 rings (SSSR count). The maximum Gasteiger partial charge on any atom is 0.257 e. The number of aromatic nitrogens is 1. The van der Waals surface area contributed by atoms with Gasteiger partial charge in [0.05, 0.1) is 5.56 Å². The topological polar surface area (TPSA) is 71.1 Å². The van der Waals surface area contributed by atoms with Crippen LogP contribution in [0.1, 0.15) is 36.5 Å². The van der Waals surface area contributed by atoms with Gasteiger partial charge in [-0.1, -0.05) is 13.3 Å². The van der Waals surface area contributed by atoms with E-state index >= 15 is 0 Å². The number of amides is 2. The molecular formula is C17H19N3O2. The van der Waals surface area contributed by atoms with Crippen molar-refractivity contribution >= 4 is 23.2 Å². The van der Waals surface area contributed by atoms with Crippen LogP contribution in [0.4, 0.5) is 11.4 Å². The van der Waals surface area contributed by atoms with E-state index < -0.39 is 0 Å². The second-order valence-corrected chi connectivity index (χ2v) is 4.92. The largest absolute Gasteiger partial charge is 0.326 e. The summed E-state index contributed by atoms with van der Waals surface area (Å²) in [5.41, 5.74) is 1.89. The summed E-state index contributed by atoms with van der Waals surface area (Å²) in [6.45, 7) is 2.05. The smallest absolute Gasteiger partial charge is 0.257 e. The van der Waals surface area contributed by atoms with Crippen molar-refractivity contribution in [2.45, 2.75) is 26.2 Å². The Bertz CT molecular complexity index is 624. The molecule has 0 fully saturated rings. The number of unbranched alkanes of at least 4 members (excludes halogenated alkanes) is 1. The Morgan fingerprint density at radius 2 is 1.73 bits per heavy atom. The van der Waals surface area contributed by atoms with Crippen molar-refractivity contribution < 1.29 is 9.59 Å². The molecule has 0 radical (unpaired) electrons. The molecule has 0 spiro atoms. The Labute approximate surface area is 129 Å². The fourth-order valence-corrected chi connectivity index (χ4v) is 1.90. The highest BCUT2D eigenvalue weighted by molar-refractivity contribution is 6.04. The van der Waals surface area contributed by atoms with Gasteiger partial charge in [0.15, 0.2) is 0 Å². The van der Waals surface area contributed by atoms with Crippen molar-refractivity contribution in [3.8, 4) is 0 Å². The number of benzene rings is 1. The molecule has 0 bridgehead atoms. The third-order valence-corrected chi connectivity index (χ3v) is 3.11. The minimum Gasteiger partial charge on any atom is -0.326 e. The molecule has 2 amide bonds. The molecule has 0 aliphatic rings. The SMILES string of the molecule is CCCCC(=O)Nc1ccc(NC(=O)c2cccnc2)cc1. The van der Waals surface area contributed by atoms with Crippen LogP contribution in [0.25, 0.3) is 0 Å². The Morgan fingerprint density at radius 3 is 2.32 bits per heavy atom. The number of nitrogens with one attached hydrogen (secondary N) is 2. The van der Waals surface area contributed by atoms with Crippen molar-refractivity contribution in [2.24, 2.45) is 0 Å². The molecule has 2 aromatic rings. The summed E-state index contributed by atoms with van der Waals surface area (Å²) < 4.78 is 0. The summed E-state index contributed by atoms with van der Waals surface area (Å²) in [4.78, 5) is 27.5. The van der Waals surface area contributed by atoms with Crippen LogP contribution in [0.15, 0.2) is 48.8 Å². The molecule has 0 saturated carbocycles. The standard InChI is InChI=1S/C17H19N3O2/c1-2-3-6-16(21)19-14-7-9-15(10-8-14)20-17(22)13-5-4-11-18-12-13/h4-5,7-12H,2-3,6H2,1H3,(H,19,21)(H,20,22). The number of hydrogen-bond donors (Lipinski definition) is 2. The first kappa shape index (κ1) is 15.7. The molecule has 5 heteroatoms. The highest BCUT2D eigenvalue weighted by Crippen LogP contribution is 2.15. The molecule has 0 unspecified atom stereocenters. The summed E-state index contributed by atoms with van der Waals surface area (Å²) in [7, 11) is 0. The van der Waals surface area contributed by atoms with Gasteiger partial charge in [0.2, 0.25) is 5.91 Å². The number of anilines is 2. The summed E-state index contributed by atoms with van der Waals surface area (Å²) in [5.74, 6) is -0.207. The third kappa shape index (κ3) is 4.70.